The largest absolute Gasteiger partial charge is 0.364 e. The highest BCUT2D eigenvalue weighted by Crippen LogP contribution is 2.27. The van der Waals surface area contributed by atoms with Crippen LogP contribution < -0.4 is 10.6 Å². The highest BCUT2D eigenvalue weighted by molar-refractivity contribution is 9.10. The SMILES string of the molecule is CN1CCC(NC(=O)/C=C/c2ccc(F)c(Br)c2)(C(=O)NCCc2c[nH]c3c2C=C(F)CC3)CC1. The summed E-state index contributed by atoms with van der Waals surface area (Å²) >= 11 is 3.14. The number of carbonyl (C=O) groups is 2. The third kappa shape index (κ3) is 6.08. The molecule has 1 aromatic carbocycles. The van der Waals surface area contributed by atoms with Crippen LogP contribution in [0.5, 0.6) is 0 Å². The van der Waals surface area contributed by atoms with Gasteiger partial charge in [-0.25, -0.2) is 8.78 Å². The first-order chi connectivity index (χ1) is 16.8. The number of carbonyl (C=O) groups excluding carboxylic acids is 2. The van der Waals surface area contributed by atoms with Crippen molar-refractivity contribution in [2.24, 2.45) is 0 Å². The van der Waals surface area contributed by atoms with E-state index in [-0.39, 0.29) is 23.5 Å². The van der Waals surface area contributed by atoms with Crippen molar-refractivity contribution < 1.29 is 18.4 Å². The molecule has 2 aromatic rings. The predicted octanol–water partition coefficient (Wildman–Crippen LogP) is 4.13. The van der Waals surface area contributed by atoms with Gasteiger partial charge in [-0.3, -0.25) is 9.59 Å². The first-order valence-corrected chi connectivity index (χ1v) is 12.5. The molecule has 2 amide bonds. The lowest BCUT2D eigenvalue weighted by Crippen LogP contribution is -2.62. The molecular weight excluding hydrogens is 518 g/mol. The number of aromatic amines is 1. The number of hydrogen-bond acceptors (Lipinski definition) is 3. The van der Waals surface area contributed by atoms with E-state index in [2.05, 4.69) is 36.4 Å². The topological polar surface area (TPSA) is 77.2 Å². The van der Waals surface area contributed by atoms with Crippen LogP contribution in [0.1, 0.15) is 41.6 Å². The number of amides is 2. The first-order valence-electron chi connectivity index (χ1n) is 11.7. The number of allylic oxidation sites excluding steroid dienone is 1. The summed E-state index contributed by atoms with van der Waals surface area (Å²) in [7, 11) is 1.98. The molecule has 4 rings (SSSR count). The van der Waals surface area contributed by atoms with Gasteiger partial charge < -0.3 is 20.5 Å². The van der Waals surface area contributed by atoms with Crippen LogP contribution in [0, 0.1) is 5.82 Å². The first kappa shape index (κ1) is 25.3. The Labute approximate surface area is 212 Å². The second kappa shape index (κ2) is 10.9. The summed E-state index contributed by atoms with van der Waals surface area (Å²) in [6, 6.07) is 4.47. The summed E-state index contributed by atoms with van der Waals surface area (Å²) in [6.07, 6.45) is 8.98. The third-order valence-electron chi connectivity index (χ3n) is 6.69. The molecular formula is C26H29BrF2N4O2. The van der Waals surface area contributed by atoms with Gasteiger partial charge in [-0.2, -0.15) is 0 Å². The Morgan fingerprint density at radius 2 is 2.00 bits per heavy atom. The number of nitrogens with one attached hydrogen (secondary N) is 3. The standard InChI is InChI=1S/C26H29BrF2N4O2/c1-33-12-9-26(10-13-33,32-24(34)7-3-17-2-5-22(29)21(27)14-17)25(35)30-11-8-18-16-31-23-6-4-19(28)15-20(18)23/h2-3,5,7,14-16,31H,4,6,8-13H2,1H3,(H,30,35)(H,32,34)/b7-3+. The van der Waals surface area contributed by atoms with Gasteiger partial charge in [-0.1, -0.05) is 6.07 Å². The molecule has 1 saturated heterocycles. The number of nitrogens with zero attached hydrogens (tertiary/aromatic N) is 1. The lowest BCUT2D eigenvalue weighted by molar-refractivity contribution is -0.134. The van der Waals surface area contributed by atoms with Crippen LogP contribution in [0.15, 0.2) is 40.8 Å². The van der Waals surface area contributed by atoms with Crippen molar-refractivity contribution in [1.82, 2.24) is 20.5 Å². The molecule has 186 valence electrons. The van der Waals surface area contributed by atoms with E-state index < -0.39 is 5.54 Å². The summed E-state index contributed by atoms with van der Waals surface area (Å²) in [6.45, 7) is 1.74. The maximum absolute atomic E-state index is 13.7. The van der Waals surface area contributed by atoms with Crippen LogP contribution in [0.25, 0.3) is 12.2 Å². The van der Waals surface area contributed by atoms with Crippen LogP contribution in [0.2, 0.25) is 0 Å². The van der Waals surface area contributed by atoms with Crippen LogP contribution in [0.4, 0.5) is 8.78 Å². The van der Waals surface area contributed by atoms with Crippen LogP contribution in [-0.4, -0.2) is 53.9 Å². The maximum atomic E-state index is 13.7. The van der Waals surface area contributed by atoms with Crippen molar-refractivity contribution >= 4 is 39.9 Å². The number of likely N-dealkylation sites (tertiary alicyclic amines) is 1. The van der Waals surface area contributed by atoms with E-state index in [1.54, 1.807) is 24.3 Å². The number of rotatable bonds is 7. The molecule has 0 saturated carbocycles. The van der Waals surface area contributed by atoms with Crippen LogP contribution in [-0.2, 0) is 22.4 Å². The molecule has 3 N–H and O–H groups in total. The zero-order chi connectivity index (χ0) is 25.0. The Bertz CT molecular complexity index is 1170. The monoisotopic (exact) mass is 546 g/mol. The minimum absolute atomic E-state index is 0.128. The molecule has 35 heavy (non-hydrogen) atoms. The quantitative estimate of drug-likeness (QED) is 0.457. The van der Waals surface area contributed by atoms with Gasteiger partial charge in [0.15, 0.2) is 0 Å². The third-order valence-corrected chi connectivity index (χ3v) is 7.30. The molecule has 1 aliphatic heterocycles. The number of halogens is 3. The van der Waals surface area contributed by atoms with Crippen molar-refractivity contribution in [1.29, 1.82) is 0 Å². The van der Waals surface area contributed by atoms with E-state index in [1.807, 2.05) is 13.2 Å². The number of piperidine rings is 1. The van der Waals surface area contributed by atoms with Gasteiger partial charge in [0, 0.05) is 49.6 Å². The zero-order valence-electron chi connectivity index (χ0n) is 19.6. The molecule has 1 fully saturated rings. The lowest BCUT2D eigenvalue weighted by Gasteiger charge is -2.39. The van der Waals surface area contributed by atoms with Crippen molar-refractivity contribution in [3.05, 3.63) is 69.0 Å². The number of hydrogen-bond donors (Lipinski definition) is 3. The fraction of sp³-hybridized carbons (Fsp3) is 0.385. The lowest BCUT2D eigenvalue weighted by atomic mass is 9.86. The normalized spacial score (nSPS) is 17.7. The highest BCUT2D eigenvalue weighted by atomic mass is 79.9. The minimum Gasteiger partial charge on any atom is -0.364 e. The van der Waals surface area contributed by atoms with Crippen molar-refractivity contribution in [2.45, 2.75) is 37.6 Å². The summed E-state index contributed by atoms with van der Waals surface area (Å²) in [4.78, 5) is 31.4. The maximum Gasteiger partial charge on any atom is 0.245 e. The van der Waals surface area contributed by atoms with E-state index in [9.17, 15) is 18.4 Å². The number of H-pyrrole nitrogens is 1. The smallest absolute Gasteiger partial charge is 0.245 e. The van der Waals surface area contributed by atoms with E-state index >= 15 is 0 Å². The second-order valence-corrected chi connectivity index (χ2v) is 10.0. The highest BCUT2D eigenvalue weighted by Gasteiger charge is 2.41. The number of aryl methyl sites for hydroxylation is 1. The summed E-state index contributed by atoms with van der Waals surface area (Å²) in [5.74, 6) is -1.11. The molecule has 0 radical (unpaired) electrons. The molecule has 0 spiro atoms. The van der Waals surface area contributed by atoms with Gasteiger partial charge >= 0.3 is 0 Å². The molecule has 0 bridgehead atoms. The summed E-state index contributed by atoms with van der Waals surface area (Å²) < 4.78 is 27.5. The van der Waals surface area contributed by atoms with Crippen molar-refractivity contribution in [3.8, 4) is 0 Å². The van der Waals surface area contributed by atoms with Crippen molar-refractivity contribution in [2.75, 3.05) is 26.7 Å². The van der Waals surface area contributed by atoms with E-state index in [0.29, 0.717) is 61.8 Å². The Kier molecular flexibility index (Phi) is 7.86. The van der Waals surface area contributed by atoms with Gasteiger partial charge in [0.25, 0.3) is 0 Å². The number of aromatic nitrogens is 1. The van der Waals surface area contributed by atoms with E-state index in [4.69, 9.17) is 0 Å². The predicted molar refractivity (Wildman–Crippen MR) is 136 cm³/mol. The van der Waals surface area contributed by atoms with Gasteiger partial charge in [-0.05, 0) is 84.1 Å². The molecule has 2 aliphatic rings. The summed E-state index contributed by atoms with van der Waals surface area (Å²) in [5.41, 5.74) is 2.51. The Hall–Kier alpha value is -2.78. The second-order valence-electron chi connectivity index (χ2n) is 9.18. The fourth-order valence-corrected chi connectivity index (χ4v) is 4.94. The summed E-state index contributed by atoms with van der Waals surface area (Å²) in [5, 5.41) is 5.92. The van der Waals surface area contributed by atoms with Crippen molar-refractivity contribution in [3.63, 3.8) is 0 Å². The molecule has 9 heteroatoms. The van der Waals surface area contributed by atoms with Gasteiger partial charge in [0.1, 0.15) is 17.2 Å². The number of fused-ring (bicyclic) bond motifs is 1. The molecule has 1 aromatic heterocycles. The molecule has 0 atom stereocenters. The van der Waals surface area contributed by atoms with Gasteiger partial charge in [0.05, 0.1) is 4.47 Å². The molecule has 1 aliphatic carbocycles. The molecule has 2 heterocycles. The molecule has 0 unspecified atom stereocenters. The van der Waals surface area contributed by atoms with E-state index in [0.717, 1.165) is 16.8 Å². The zero-order valence-corrected chi connectivity index (χ0v) is 21.2. The minimum atomic E-state index is -1.01. The number of benzene rings is 1. The van der Waals surface area contributed by atoms with Crippen LogP contribution >= 0.6 is 15.9 Å². The fourth-order valence-electron chi connectivity index (χ4n) is 4.54. The average molecular weight is 547 g/mol. The van der Waals surface area contributed by atoms with Gasteiger partial charge in [0.2, 0.25) is 11.8 Å². The Balaban J connectivity index is 1.40. The van der Waals surface area contributed by atoms with E-state index in [1.165, 1.54) is 12.1 Å². The van der Waals surface area contributed by atoms with Gasteiger partial charge in [-0.15, -0.1) is 0 Å². The Morgan fingerprint density at radius 1 is 1.23 bits per heavy atom. The Morgan fingerprint density at radius 3 is 2.74 bits per heavy atom. The van der Waals surface area contributed by atoms with Crippen LogP contribution in [0.3, 0.4) is 0 Å². The average Bonchev–Trinajstić information content (AvgIpc) is 3.23. The molecule has 6 nitrogen and oxygen atoms in total.